The van der Waals surface area contributed by atoms with E-state index >= 15 is 0 Å². The number of likely N-dealkylation sites (tertiary alicyclic amines) is 1. The molecule has 3 heterocycles. The molecule has 1 aliphatic heterocycles. The van der Waals surface area contributed by atoms with E-state index in [0.717, 1.165) is 11.3 Å². The molecule has 1 fully saturated rings. The van der Waals surface area contributed by atoms with Crippen LogP contribution in [0, 0.1) is 0 Å². The van der Waals surface area contributed by atoms with Crippen LogP contribution in [0.25, 0.3) is 0 Å². The maximum Gasteiger partial charge on any atom is 0.411 e. The fraction of sp³-hybridized carbons (Fsp3) is 0.423. The second-order valence-electron chi connectivity index (χ2n) is 9.90. The number of benzene rings is 1. The molecule has 0 radical (unpaired) electrons. The number of para-hydroxylation sites is 1. The van der Waals surface area contributed by atoms with Gasteiger partial charge in [-0.1, -0.05) is 23.7 Å². The third-order valence-corrected chi connectivity index (χ3v) is 7.35. The van der Waals surface area contributed by atoms with Gasteiger partial charge in [0.25, 0.3) is 5.91 Å². The molecule has 3 aromatic rings. The molecule has 0 bridgehead atoms. The number of nitrogens with one attached hydrogen (secondary N) is 1. The van der Waals surface area contributed by atoms with E-state index in [1.54, 1.807) is 23.1 Å². The Morgan fingerprint density at radius 2 is 1.97 bits per heavy atom. The number of anilines is 1. The first-order chi connectivity index (χ1) is 17.0. The van der Waals surface area contributed by atoms with Gasteiger partial charge in [-0.25, -0.2) is 4.79 Å². The highest BCUT2D eigenvalue weighted by atomic mass is 35.5. The Labute approximate surface area is 220 Å². The van der Waals surface area contributed by atoms with Crippen molar-refractivity contribution < 1.29 is 19.1 Å². The molecule has 10 heteroatoms. The van der Waals surface area contributed by atoms with Crippen LogP contribution in [-0.4, -0.2) is 45.9 Å². The number of nitrogens with zero attached hydrogens (tertiary/aromatic N) is 3. The van der Waals surface area contributed by atoms with Crippen LogP contribution in [-0.2, 0) is 16.8 Å². The van der Waals surface area contributed by atoms with Gasteiger partial charge in [0, 0.05) is 17.5 Å². The molecule has 1 aromatic carbocycles. The number of carbonyl (C=O) groups is 2. The van der Waals surface area contributed by atoms with Crippen molar-refractivity contribution >= 4 is 40.8 Å². The van der Waals surface area contributed by atoms with Crippen molar-refractivity contribution in [1.29, 1.82) is 0 Å². The number of halogens is 1. The Bertz CT molecular complexity index is 1260. The molecule has 36 heavy (non-hydrogen) atoms. The molecule has 192 valence electrons. The van der Waals surface area contributed by atoms with Crippen LogP contribution < -0.4 is 10.1 Å². The number of aromatic nitrogens is 2. The molecule has 1 atom stereocenters. The number of rotatable bonds is 6. The van der Waals surface area contributed by atoms with Gasteiger partial charge in [-0.05, 0) is 64.8 Å². The lowest BCUT2D eigenvalue weighted by molar-refractivity contribution is 0.00922. The summed E-state index contributed by atoms with van der Waals surface area (Å²) in [7, 11) is 1.53. The van der Waals surface area contributed by atoms with Crippen LogP contribution in [0.1, 0.15) is 61.5 Å². The zero-order chi connectivity index (χ0) is 26.1. The fourth-order valence-electron chi connectivity index (χ4n) is 4.32. The standard InChI is InChI=1S/C26H31ClN4O4S/c1-25(2,3)35-24(33)30-14-8-13-26(30,4)20-15-22(28-16-17-11-12-21(27)36-17)31(29-20)23(32)18-9-6-7-10-19(18)34-5/h6-7,9-12,15,28H,8,13-14,16H2,1-5H3. The Kier molecular flexibility index (Phi) is 7.33. The summed E-state index contributed by atoms with van der Waals surface area (Å²) in [6.07, 6.45) is 1.11. The normalized spacial score (nSPS) is 17.8. The molecule has 1 N–H and O–H groups in total. The van der Waals surface area contributed by atoms with Crippen LogP contribution in [0.15, 0.2) is 42.5 Å². The van der Waals surface area contributed by atoms with E-state index in [1.807, 2.05) is 52.0 Å². The minimum absolute atomic E-state index is 0.337. The van der Waals surface area contributed by atoms with Crippen molar-refractivity contribution in [1.82, 2.24) is 14.7 Å². The van der Waals surface area contributed by atoms with E-state index in [1.165, 1.54) is 23.1 Å². The predicted octanol–water partition coefficient (Wildman–Crippen LogP) is 6.15. The monoisotopic (exact) mass is 530 g/mol. The van der Waals surface area contributed by atoms with E-state index in [2.05, 4.69) is 5.32 Å². The Morgan fingerprint density at radius 3 is 2.64 bits per heavy atom. The highest BCUT2D eigenvalue weighted by molar-refractivity contribution is 7.16. The van der Waals surface area contributed by atoms with Gasteiger partial charge < -0.3 is 14.8 Å². The third kappa shape index (κ3) is 5.37. The van der Waals surface area contributed by atoms with Crippen LogP contribution in [0.5, 0.6) is 5.75 Å². The van der Waals surface area contributed by atoms with Crippen LogP contribution in [0.3, 0.4) is 0 Å². The Balaban J connectivity index is 1.72. The zero-order valence-corrected chi connectivity index (χ0v) is 22.7. The number of thiophene rings is 1. The fourth-order valence-corrected chi connectivity index (χ4v) is 5.35. The van der Waals surface area contributed by atoms with Gasteiger partial charge in [0.15, 0.2) is 0 Å². The summed E-state index contributed by atoms with van der Waals surface area (Å²) >= 11 is 7.56. The first-order valence-electron chi connectivity index (χ1n) is 11.8. The minimum atomic E-state index is -0.725. The molecule has 8 nitrogen and oxygen atoms in total. The van der Waals surface area contributed by atoms with E-state index in [0.29, 0.717) is 46.7 Å². The molecule has 2 aromatic heterocycles. The van der Waals surface area contributed by atoms with E-state index in [9.17, 15) is 9.59 Å². The van der Waals surface area contributed by atoms with Crippen molar-refractivity contribution in [2.75, 3.05) is 19.0 Å². The lowest BCUT2D eigenvalue weighted by Crippen LogP contribution is -2.45. The zero-order valence-electron chi connectivity index (χ0n) is 21.1. The van der Waals surface area contributed by atoms with Crippen molar-refractivity contribution in [3.8, 4) is 5.75 Å². The van der Waals surface area contributed by atoms with Crippen LogP contribution in [0.2, 0.25) is 4.34 Å². The highest BCUT2D eigenvalue weighted by Crippen LogP contribution is 2.40. The second kappa shape index (κ2) is 10.1. The molecule has 0 spiro atoms. The van der Waals surface area contributed by atoms with Gasteiger partial charge in [-0.3, -0.25) is 9.69 Å². The van der Waals surface area contributed by atoms with Crippen molar-refractivity contribution in [2.24, 2.45) is 0 Å². The lowest BCUT2D eigenvalue weighted by Gasteiger charge is -2.35. The minimum Gasteiger partial charge on any atom is -0.496 e. The van der Waals surface area contributed by atoms with E-state index in [4.69, 9.17) is 26.2 Å². The largest absolute Gasteiger partial charge is 0.496 e. The van der Waals surface area contributed by atoms with Gasteiger partial charge in [-0.15, -0.1) is 11.3 Å². The van der Waals surface area contributed by atoms with Gasteiger partial charge in [0.2, 0.25) is 0 Å². The second-order valence-corrected chi connectivity index (χ2v) is 11.7. The summed E-state index contributed by atoms with van der Waals surface area (Å²) in [5.74, 6) is 0.636. The molecule has 0 aliphatic carbocycles. The molecule has 1 aliphatic rings. The van der Waals surface area contributed by atoms with Crippen molar-refractivity contribution in [3.05, 3.63) is 62.9 Å². The number of carbonyl (C=O) groups excluding carboxylic acids is 2. The molecule has 4 rings (SSSR count). The number of amides is 1. The maximum absolute atomic E-state index is 13.7. The molecule has 0 saturated carbocycles. The first-order valence-corrected chi connectivity index (χ1v) is 13.0. The SMILES string of the molecule is COc1ccccc1C(=O)n1nc(C2(C)CCCN2C(=O)OC(C)(C)C)cc1NCc1ccc(Cl)s1. The van der Waals surface area contributed by atoms with Gasteiger partial charge in [0.1, 0.15) is 17.2 Å². The van der Waals surface area contributed by atoms with Gasteiger partial charge >= 0.3 is 6.09 Å². The van der Waals surface area contributed by atoms with Gasteiger partial charge in [-0.2, -0.15) is 9.78 Å². The first kappa shape index (κ1) is 26.0. The Morgan fingerprint density at radius 1 is 1.22 bits per heavy atom. The quantitative estimate of drug-likeness (QED) is 0.411. The molecule has 1 amide bonds. The average Bonchev–Trinajstić information content (AvgIpc) is 3.54. The van der Waals surface area contributed by atoms with E-state index in [-0.39, 0.29) is 5.91 Å². The number of hydrogen-bond donors (Lipinski definition) is 1. The summed E-state index contributed by atoms with van der Waals surface area (Å²) in [6.45, 7) is 8.52. The average molecular weight is 531 g/mol. The smallest absolute Gasteiger partial charge is 0.411 e. The molecule has 1 saturated heterocycles. The number of hydrogen-bond acceptors (Lipinski definition) is 7. The topological polar surface area (TPSA) is 85.7 Å². The predicted molar refractivity (Wildman–Crippen MR) is 141 cm³/mol. The molecular weight excluding hydrogens is 500 g/mol. The van der Waals surface area contributed by atoms with Gasteiger partial charge in [0.05, 0.1) is 34.8 Å². The van der Waals surface area contributed by atoms with E-state index < -0.39 is 17.2 Å². The summed E-state index contributed by atoms with van der Waals surface area (Å²) < 4.78 is 13.1. The Hall–Kier alpha value is -3.04. The number of ether oxygens (including phenoxy) is 2. The highest BCUT2D eigenvalue weighted by Gasteiger charge is 2.45. The summed E-state index contributed by atoms with van der Waals surface area (Å²) in [5.41, 5.74) is -0.343. The molecule has 1 unspecified atom stereocenters. The summed E-state index contributed by atoms with van der Waals surface area (Å²) in [4.78, 5) is 29.4. The van der Waals surface area contributed by atoms with Crippen LogP contribution >= 0.6 is 22.9 Å². The van der Waals surface area contributed by atoms with Crippen molar-refractivity contribution in [3.63, 3.8) is 0 Å². The maximum atomic E-state index is 13.7. The summed E-state index contributed by atoms with van der Waals surface area (Å²) in [5, 5.41) is 8.07. The summed E-state index contributed by atoms with van der Waals surface area (Å²) in [6, 6.07) is 12.6. The lowest BCUT2D eigenvalue weighted by atomic mass is 9.95. The third-order valence-electron chi connectivity index (χ3n) is 6.12. The number of methoxy groups -OCH3 is 1. The van der Waals surface area contributed by atoms with Crippen molar-refractivity contribution in [2.45, 2.75) is 58.2 Å². The molecular formula is C26H31ClN4O4S. The van der Waals surface area contributed by atoms with Crippen LogP contribution in [0.4, 0.5) is 10.6 Å².